The van der Waals surface area contributed by atoms with Gasteiger partial charge in [-0.3, -0.25) is 9.59 Å². The minimum Gasteiger partial charge on any atom is -0.481 e. The van der Waals surface area contributed by atoms with E-state index in [4.69, 9.17) is 5.11 Å². The lowest BCUT2D eigenvalue weighted by Gasteiger charge is -2.33. The summed E-state index contributed by atoms with van der Waals surface area (Å²) in [4.78, 5) is 37.2. The van der Waals surface area contributed by atoms with Gasteiger partial charge in [0, 0.05) is 26.7 Å². The van der Waals surface area contributed by atoms with Gasteiger partial charge in [0.15, 0.2) is 0 Å². The predicted molar refractivity (Wildman–Crippen MR) is 68.6 cm³/mol. The molecule has 0 bridgehead atoms. The van der Waals surface area contributed by atoms with Crippen molar-refractivity contribution in [2.75, 3.05) is 33.2 Å². The van der Waals surface area contributed by atoms with Crippen molar-refractivity contribution in [3.8, 4) is 0 Å². The van der Waals surface area contributed by atoms with Crippen LogP contribution < -0.4 is 5.32 Å². The largest absolute Gasteiger partial charge is 0.481 e. The molecule has 0 aromatic heterocycles. The van der Waals surface area contributed by atoms with Gasteiger partial charge >= 0.3 is 12.0 Å². The van der Waals surface area contributed by atoms with Crippen LogP contribution >= 0.6 is 0 Å². The molecule has 7 heteroatoms. The van der Waals surface area contributed by atoms with Crippen LogP contribution in [0, 0.1) is 5.92 Å². The number of hydrogen-bond donors (Lipinski definition) is 2. The number of carbonyl (C=O) groups is 3. The van der Waals surface area contributed by atoms with Crippen molar-refractivity contribution in [3.63, 3.8) is 0 Å². The van der Waals surface area contributed by atoms with Gasteiger partial charge in [-0.2, -0.15) is 0 Å². The van der Waals surface area contributed by atoms with E-state index in [0.717, 1.165) is 0 Å². The molecule has 0 saturated carbocycles. The maximum absolute atomic E-state index is 12.1. The van der Waals surface area contributed by atoms with Crippen molar-refractivity contribution in [2.45, 2.75) is 19.8 Å². The van der Waals surface area contributed by atoms with Gasteiger partial charge in [-0.15, -0.1) is 0 Å². The minimum atomic E-state index is -0.871. The molecule has 1 fully saturated rings. The first kappa shape index (κ1) is 15.3. The molecule has 108 valence electrons. The van der Waals surface area contributed by atoms with Crippen LogP contribution in [0.2, 0.25) is 0 Å². The van der Waals surface area contributed by atoms with Gasteiger partial charge in [0.1, 0.15) is 6.54 Å². The van der Waals surface area contributed by atoms with Gasteiger partial charge in [0.2, 0.25) is 5.91 Å². The third kappa shape index (κ3) is 4.42. The Kier molecular flexibility index (Phi) is 5.59. The zero-order valence-corrected chi connectivity index (χ0v) is 11.4. The summed E-state index contributed by atoms with van der Waals surface area (Å²) in [5.74, 6) is -1.59. The Morgan fingerprint density at radius 2 is 2.11 bits per heavy atom. The summed E-state index contributed by atoms with van der Waals surface area (Å²) >= 11 is 0. The quantitative estimate of drug-likeness (QED) is 0.751. The van der Waals surface area contributed by atoms with Crippen LogP contribution in [-0.4, -0.2) is 66.0 Å². The molecule has 0 aliphatic carbocycles. The topological polar surface area (TPSA) is 90.0 Å². The van der Waals surface area contributed by atoms with E-state index in [-0.39, 0.29) is 25.0 Å². The zero-order valence-electron chi connectivity index (χ0n) is 11.4. The van der Waals surface area contributed by atoms with Gasteiger partial charge in [-0.05, 0) is 19.8 Å². The second-order valence-corrected chi connectivity index (χ2v) is 4.72. The van der Waals surface area contributed by atoms with E-state index >= 15 is 0 Å². The van der Waals surface area contributed by atoms with E-state index in [9.17, 15) is 14.4 Å². The number of likely N-dealkylation sites (tertiary alicyclic amines) is 1. The predicted octanol–water partition coefficient (Wildman–Crippen LogP) is -0.0291. The number of amides is 3. The minimum absolute atomic E-state index is 0.0130. The van der Waals surface area contributed by atoms with Crippen molar-refractivity contribution in [1.82, 2.24) is 15.1 Å². The van der Waals surface area contributed by atoms with Crippen molar-refractivity contribution in [2.24, 2.45) is 5.92 Å². The standard InChI is InChI=1S/C12H21N3O4/c1-3-13-10(16)8-14(2)12(19)15-6-4-5-9(7-15)11(17)18/h9H,3-8H2,1-2H3,(H,13,16)(H,17,18). The molecule has 19 heavy (non-hydrogen) atoms. The second-order valence-electron chi connectivity index (χ2n) is 4.72. The van der Waals surface area contributed by atoms with Gasteiger partial charge in [-0.1, -0.05) is 0 Å². The number of aliphatic carboxylic acids is 1. The fraction of sp³-hybridized carbons (Fsp3) is 0.750. The number of rotatable bonds is 4. The van der Waals surface area contributed by atoms with Crippen LogP contribution in [0.4, 0.5) is 4.79 Å². The molecule has 1 saturated heterocycles. The summed E-state index contributed by atoms with van der Waals surface area (Å²) in [6.45, 7) is 3.07. The first-order valence-electron chi connectivity index (χ1n) is 6.45. The summed E-state index contributed by atoms with van der Waals surface area (Å²) < 4.78 is 0. The van der Waals surface area contributed by atoms with E-state index < -0.39 is 11.9 Å². The number of urea groups is 1. The number of carboxylic acid groups (broad SMARTS) is 1. The van der Waals surface area contributed by atoms with E-state index in [2.05, 4.69) is 5.32 Å². The molecule has 2 N–H and O–H groups in total. The Bertz CT molecular complexity index is 359. The third-order valence-electron chi connectivity index (χ3n) is 3.12. The first-order valence-corrected chi connectivity index (χ1v) is 6.45. The number of likely N-dealkylation sites (N-methyl/N-ethyl adjacent to an activating group) is 2. The molecule has 0 aromatic carbocycles. The van der Waals surface area contributed by atoms with E-state index in [1.165, 1.54) is 9.80 Å². The molecule has 1 atom stereocenters. The highest BCUT2D eigenvalue weighted by Gasteiger charge is 2.29. The molecule has 1 unspecified atom stereocenters. The molecule has 3 amide bonds. The number of nitrogens with one attached hydrogen (secondary N) is 1. The fourth-order valence-corrected chi connectivity index (χ4v) is 2.13. The lowest BCUT2D eigenvalue weighted by molar-refractivity contribution is -0.143. The zero-order chi connectivity index (χ0) is 14.4. The molecular weight excluding hydrogens is 250 g/mol. The number of carboxylic acids is 1. The average molecular weight is 271 g/mol. The van der Waals surface area contributed by atoms with Crippen molar-refractivity contribution in [3.05, 3.63) is 0 Å². The summed E-state index contributed by atoms with van der Waals surface area (Å²) in [6.07, 6.45) is 1.27. The van der Waals surface area contributed by atoms with E-state index in [1.54, 1.807) is 7.05 Å². The smallest absolute Gasteiger partial charge is 0.320 e. The number of nitrogens with zero attached hydrogens (tertiary/aromatic N) is 2. The number of piperidine rings is 1. The summed E-state index contributed by atoms with van der Waals surface area (Å²) in [5.41, 5.74) is 0. The van der Waals surface area contributed by atoms with Crippen molar-refractivity contribution in [1.29, 1.82) is 0 Å². The van der Waals surface area contributed by atoms with Crippen LogP contribution in [0.5, 0.6) is 0 Å². The van der Waals surface area contributed by atoms with Gasteiger partial charge < -0.3 is 20.2 Å². The summed E-state index contributed by atoms with van der Waals surface area (Å²) in [6, 6.07) is -0.294. The molecule has 0 aromatic rings. The van der Waals surface area contributed by atoms with Crippen LogP contribution in [0.3, 0.4) is 0 Å². The second kappa shape index (κ2) is 6.96. The van der Waals surface area contributed by atoms with Crippen molar-refractivity contribution >= 4 is 17.9 Å². The van der Waals surface area contributed by atoms with Crippen LogP contribution in [-0.2, 0) is 9.59 Å². The first-order chi connectivity index (χ1) is 8.95. The Balaban J connectivity index is 2.51. The SMILES string of the molecule is CCNC(=O)CN(C)C(=O)N1CCCC(C(=O)O)C1. The average Bonchev–Trinajstić information content (AvgIpc) is 2.38. The summed E-state index contributed by atoms with van der Waals surface area (Å²) in [5, 5.41) is 11.6. The molecule has 1 aliphatic rings. The lowest BCUT2D eigenvalue weighted by atomic mass is 9.99. The van der Waals surface area contributed by atoms with Crippen LogP contribution in [0.1, 0.15) is 19.8 Å². The van der Waals surface area contributed by atoms with Crippen LogP contribution in [0.15, 0.2) is 0 Å². The molecule has 1 heterocycles. The normalized spacial score (nSPS) is 18.8. The fourth-order valence-electron chi connectivity index (χ4n) is 2.13. The number of carbonyl (C=O) groups excluding carboxylic acids is 2. The maximum Gasteiger partial charge on any atom is 0.320 e. The highest BCUT2D eigenvalue weighted by atomic mass is 16.4. The van der Waals surface area contributed by atoms with Gasteiger partial charge in [0.25, 0.3) is 0 Å². The number of hydrogen-bond acceptors (Lipinski definition) is 3. The molecule has 0 spiro atoms. The highest BCUT2D eigenvalue weighted by molar-refractivity contribution is 5.84. The third-order valence-corrected chi connectivity index (χ3v) is 3.12. The molecular formula is C12H21N3O4. The summed E-state index contributed by atoms with van der Waals surface area (Å²) in [7, 11) is 1.54. The Labute approximate surface area is 112 Å². The monoisotopic (exact) mass is 271 g/mol. The molecule has 0 radical (unpaired) electrons. The van der Waals surface area contributed by atoms with Crippen molar-refractivity contribution < 1.29 is 19.5 Å². The highest BCUT2D eigenvalue weighted by Crippen LogP contribution is 2.17. The Morgan fingerprint density at radius 1 is 1.42 bits per heavy atom. The van der Waals surface area contributed by atoms with Crippen LogP contribution in [0.25, 0.3) is 0 Å². The van der Waals surface area contributed by atoms with E-state index in [0.29, 0.717) is 25.9 Å². The Hall–Kier alpha value is -1.79. The van der Waals surface area contributed by atoms with Gasteiger partial charge in [-0.25, -0.2) is 4.79 Å². The molecule has 1 rings (SSSR count). The van der Waals surface area contributed by atoms with E-state index in [1.807, 2.05) is 6.92 Å². The lowest BCUT2D eigenvalue weighted by Crippen LogP contribution is -2.49. The molecule has 7 nitrogen and oxygen atoms in total. The maximum atomic E-state index is 12.1. The Morgan fingerprint density at radius 3 is 2.68 bits per heavy atom. The van der Waals surface area contributed by atoms with Gasteiger partial charge in [0.05, 0.1) is 5.92 Å². The molecule has 1 aliphatic heterocycles.